The minimum atomic E-state index is -1.03. The molecule has 0 amide bonds. The van der Waals surface area contributed by atoms with Gasteiger partial charge in [-0.05, 0) is 12.1 Å². The number of rotatable bonds is 1. The maximum atomic E-state index is 10.2. The summed E-state index contributed by atoms with van der Waals surface area (Å²) in [5, 5.41) is 18.1. The van der Waals surface area contributed by atoms with Crippen molar-refractivity contribution in [2.45, 2.75) is 6.42 Å². The average Bonchev–Trinajstić information content (AvgIpc) is 2.12. The number of phenols is 1. The number of carbonyl (C=O) groups is 1. The molecule has 0 radical (unpaired) electrons. The van der Waals surface area contributed by atoms with E-state index in [0.717, 1.165) is 0 Å². The molecule has 0 heterocycles. The molecule has 1 aromatic rings. The van der Waals surface area contributed by atoms with Crippen molar-refractivity contribution < 1.29 is 15.0 Å². The Morgan fingerprint density at radius 1 is 1.53 bits per heavy atom. The zero-order valence-electron chi connectivity index (χ0n) is 7.62. The Hall–Kier alpha value is -1.86. The van der Waals surface area contributed by atoms with Gasteiger partial charge in [0, 0.05) is 5.02 Å². The molecule has 1 rings (SSSR count). The van der Waals surface area contributed by atoms with Gasteiger partial charge in [0.25, 0.3) is 0 Å². The highest BCUT2D eigenvalue weighted by Gasteiger charge is 2.04. The van der Waals surface area contributed by atoms with E-state index in [4.69, 9.17) is 22.4 Å². The molecule has 0 bridgehead atoms. The van der Waals surface area contributed by atoms with Crippen LogP contribution in [0.1, 0.15) is 12.0 Å². The summed E-state index contributed by atoms with van der Waals surface area (Å²) in [6.45, 7) is 0. The minimum Gasteiger partial charge on any atom is -0.505 e. The van der Waals surface area contributed by atoms with E-state index in [1.165, 1.54) is 12.1 Å². The number of aromatic hydroxyl groups is 1. The summed E-state index contributed by atoms with van der Waals surface area (Å²) in [5.41, 5.74) is 5.77. The van der Waals surface area contributed by atoms with Gasteiger partial charge in [-0.3, -0.25) is 4.79 Å². The van der Waals surface area contributed by atoms with Crippen LogP contribution < -0.4 is 5.73 Å². The van der Waals surface area contributed by atoms with E-state index >= 15 is 0 Å². The number of hydrogen-bond acceptors (Lipinski definition) is 3. The zero-order chi connectivity index (χ0) is 11.4. The van der Waals surface area contributed by atoms with Crippen molar-refractivity contribution in [3.05, 3.63) is 22.7 Å². The predicted molar refractivity (Wildman–Crippen MR) is 56.7 cm³/mol. The quantitative estimate of drug-likeness (QED) is 0.384. The maximum absolute atomic E-state index is 10.2. The number of benzene rings is 1. The number of anilines is 1. The van der Waals surface area contributed by atoms with Crippen LogP contribution in [0.15, 0.2) is 12.1 Å². The molecule has 0 saturated heterocycles. The van der Waals surface area contributed by atoms with E-state index in [1.54, 1.807) is 0 Å². The van der Waals surface area contributed by atoms with Crippen molar-refractivity contribution in [1.82, 2.24) is 0 Å². The first kappa shape index (κ1) is 11.2. The van der Waals surface area contributed by atoms with Crippen LogP contribution in [0.25, 0.3) is 0 Å². The monoisotopic (exact) mass is 225 g/mol. The number of carboxylic acids is 1. The standard InChI is InChI=1S/C10H8ClNO3/c11-7-4-6(2-1-3-9(13)14)10(15)8(12)5-7/h4-5,15H,3,12H2,(H,13,14). The van der Waals surface area contributed by atoms with Crippen LogP contribution in [0.3, 0.4) is 0 Å². The minimum absolute atomic E-state index is 0.113. The lowest BCUT2D eigenvalue weighted by atomic mass is 10.1. The molecule has 0 saturated carbocycles. The van der Waals surface area contributed by atoms with Crippen molar-refractivity contribution in [3.63, 3.8) is 0 Å². The number of hydrogen-bond donors (Lipinski definition) is 3. The number of nitrogen functional groups attached to an aromatic ring is 1. The highest BCUT2D eigenvalue weighted by molar-refractivity contribution is 6.31. The molecule has 0 unspecified atom stereocenters. The molecule has 0 fully saturated rings. The Labute approximate surface area is 91.3 Å². The third kappa shape index (κ3) is 3.08. The molecule has 0 spiro atoms. The average molecular weight is 226 g/mol. The summed E-state index contributed by atoms with van der Waals surface area (Å²) in [6.07, 6.45) is -0.300. The topological polar surface area (TPSA) is 83.6 Å². The largest absolute Gasteiger partial charge is 0.505 e. The van der Waals surface area contributed by atoms with Crippen LogP contribution in [0.2, 0.25) is 5.02 Å². The van der Waals surface area contributed by atoms with Crippen LogP contribution in [-0.4, -0.2) is 16.2 Å². The van der Waals surface area contributed by atoms with Crippen LogP contribution in [-0.2, 0) is 4.79 Å². The van der Waals surface area contributed by atoms with Gasteiger partial charge in [0.15, 0.2) is 5.75 Å². The van der Waals surface area contributed by atoms with Crippen LogP contribution in [0.4, 0.5) is 5.69 Å². The molecular weight excluding hydrogens is 218 g/mol. The van der Waals surface area contributed by atoms with Crippen molar-refractivity contribution in [1.29, 1.82) is 0 Å². The third-order valence-electron chi connectivity index (χ3n) is 1.57. The second-order valence-electron chi connectivity index (χ2n) is 2.76. The van der Waals surface area contributed by atoms with Gasteiger partial charge in [0.1, 0.15) is 6.42 Å². The number of aliphatic carboxylic acids is 1. The Balaban J connectivity index is 3.02. The van der Waals surface area contributed by atoms with Gasteiger partial charge in [0.05, 0.1) is 11.3 Å². The summed E-state index contributed by atoms with van der Waals surface area (Å²) in [6, 6.07) is 2.81. The van der Waals surface area contributed by atoms with Crippen LogP contribution in [0, 0.1) is 11.8 Å². The van der Waals surface area contributed by atoms with E-state index in [1.807, 2.05) is 0 Å². The number of halogens is 1. The number of carboxylic acid groups (broad SMARTS) is 1. The first-order valence-electron chi connectivity index (χ1n) is 3.99. The molecule has 0 aliphatic heterocycles. The van der Waals surface area contributed by atoms with E-state index in [0.29, 0.717) is 5.02 Å². The van der Waals surface area contributed by atoms with Gasteiger partial charge < -0.3 is 15.9 Å². The summed E-state index contributed by atoms with van der Waals surface area (Å²) in [5.74, 6) is 3.64. The molecule has 0 aliphatic rings. The second-order valence-corrected chi connectivity index (χ2v) is 3.20. The molecule has 1 aromatic carbocycles. The highest BCUT2D eigenvalue weighted by Crippen LogP contribution is 2.28. The summed E-state index contributed by atoms with van der Waals surface area (Å²) in [7, 11) is 0. The number of nitrogens with two attached hydrogens (primary N) is 1. The van der Waals surface area contributed by atoms with Crippen LogP contribution >= 0.6 is 11.6 Å². The van der Waals surface area contributed by atoms with Crippen molar-refractivity contribution in [2.24, 2.45) is 0 Å². The van der Waals surface area contributed by atoms with Gasteiger partial charge in [0.2, 0.25) is 0 Å². The fourth-order valence-electron chi connectivity index (χ4n) is 0.931. The zero-order valence-corrected chi connectivity index (χ0v) is 8.38. The van der Waals surface area contributed by atoms with Gasteiger partial charge in [-0.15, -0.1) is 0 Å². The van der Waals surface area contributed by atoms with Crippen molar-refractivity contribution in [3.8, 4) is 17.6 Å². The molecular formula is C10H8ClNO3. The van der Waals surface area contributed by atoms with Gasteiger partial charge in [-0.2, -0.15) is 0 Å². The highest BCUT2D eigenvalue weighted by atomic mass is 35.5. The Kier molecular flexibility index (Phi) is 3.42. The lowest BCUT2D eigenvalue weighted by Crippen LogP contribution is -1.91. The van der Waals surface area contributed by atoms with E-state index in [-0.39, 0.29) is 23.4 Å². The maximum Gasteiger partial charge on any atom is 0.315 e. The van der Waals surface area contributed by atoms with Crippen LogP contribution in [0.5, 0.6) is 5.75 Å². The molecule has 4 nitrogen and oxygen atoms in total. The Bertz CT molecular complexity index is 460. The normalized spacial score (nSPS) is 9.13. The van der Waals surface area contributed by atoms with E-state index < -0.39 is 5.97 Å². The summed E-state index contributed by atoms with van der Waals surface area (Å²) < 4.78 is 0. The molecule has 4 N–H and O–H groups in total. The smallest absolute Gasteiger partial charge is 0.315 e. The fourth-order valence-corrected chi connectivity index (χ4v) is 1.16. The SMILES string of the molecule is Nc1cc(Cl)cc(C#CCC(=O)O)c1O. The van der Waals surface area contributed by atoms with E-state index in [9.17, 15) is 9.90 Å². The summed E-state index contributed by atoms with van der Waals surface area (Å²) >= 11 is 5.69. The van der Waals surface area contributed by atoms with Crippen molar-refractivity contribution >= 4 is 23.3 Å². The third-order valence-corrected chi connectivity index (χ3v) is 1.79. The molecule has 5 heteroatoms. The molecule has 0 aliphatic carbocycles. The first-order chi connectivity index (χ1) is 7.00. The second kappa shape index (κ2) is 4.58. The lowest BCUT2D eigenvalue weighted by Gasteiger charge is -2.01. The summed E-state index contributed by atoms with van der Waals surface area (Å²) in [4.78, 5) is 10.2. The molecule has 0 atom stereocenters. The Morgan fingerprint density at radius 3 is 2.80 bits per heavy atom. The van der Waals surface area contributed by atoms with E-state index in [2.05, 4.69) is 11.8 Å². The molecule has 78 valence electrons. The number of phenolic OH excluding ortho intramolecular Hbond substituents is 1. The fraction of sp³-hybridized carbons (Fsp3) is 0.100. The van der Waals surface area contributed by atoms with Gasteiger partial charge in [-0.25, -0.2) is 0 Å². The molecule has 15 heavy (non-hydrogen) atoms. The van der Waals surface area contributed by atoms with Gasteiger partial charge in [-0.1, -0.05) is 23.4 Å². The molecule has 0 aromatic heterocycles. The lowest BCUT2D eigenvalue weighted by molar-refractivity contribution is -0.135. The predicted octanol–water partition coefficient (Wildman–Crippen LogP) is 1.45. The first-order valence-corrected chi connectivity index (χ1v) is 4.37. The Morgan fingerprint density at radius 2 is 2.20 bits per heavy atom. The van der Waals surface area contributed by atoms with Gasteiger partial charge >= 0.3 is 5.97 Å². The van der Waals surface area contributed by atoms with Crippen molar-refractivity contribution in [2.75, 3.05) is 5.73 Å².